The minimum Gasteiger partial charge on any atom is -0.466 e. The van der Waals surface area contributed by atoms with Crippen molar-refractivity contribution >= 4 is 28.8 Å². The molecule has 0 fully saturated rings. The fourth-order valence-electron chi connectivity index (χ4n) is 2.46. The quantitative estimate of drug-likeness (QED) is 0.357. The molecule has 6 heteroatoms. The second-order valence-electron chi connectivity index (χ2n) is 5.70. The van der Waals surface area contributed by atoms with Crippen molar-refractivity contribution in [2.75, 3.05) is 12.4 Å². The van der Waals surface area contributed by atoms with Gasteiger partial charge in [0.2, 0.25) is 0 Å². The number of aryl methyl sites for hydroxylation is 1. The van der Waals surface area contributed by atoms with E-state index in [-0.39, 0.29) is 5.97 Å². The number of carbonyl (C=O) groups excluding carboxylic acids is 1. The summed E-state index contributed by atoms with van der Waals surface area (Å²) in [5, 5.41) is 0.894. The second-order valence-corrected chi connectivity index (χ2v) is 6.78. The first-order valence-corrected chi connectivity index (χ1v) is 9.42. The standard InChI is InChI=1S/C19H21N3O2S/c23-18(24-12-4-7-15-6-3-11-20-14-15)10-5-13-25-19-21-16-8-1-2-9-17(16)22-19/h1-3,6,8-9,11,14H,4-5,7,10,12-13H2,(H,21,22). The van der Waals surface area contributed by atoms with Crippen molar-refractivity contribution in [2.24, 2.45) is 0 Å². The molecule has 5 nitrogen and oxygen atoms in total. The van der Waals surface area contributed by atoms with Gasteiger partial charge in [0.15, 0.2) is 5.16 Å². The lowest BCUT2D eigenvalue weighted by molar-refractivity contribution is -0.143. The molecule has 0 aliphatic carbocycles. The molecule has 0 spiro atoms. The average molecular weight is 355 g/mol. The van der Waals surface area contributed by atoms with Gasteiger partial charge in [0.25, 0.3) is 0 Å². The largest absolute Gasteiger partial charge is 0.466 e. The number of carbonyl (C=O) groups is 1. The lowest BCUT2D eigenvalue weighted by Crippen LogP contribution is -2.06. The molecule has 0 atom stereocenters. The zero-order chi connectivity index (χ0) is 17.3. The van der Waals surface area contributed by atoms with E-state index in [1.807, 2.05) is 42.6 Å². The Balaban J connectivity index is 1.27. The highest BCUT2D eigenvalue weighted by atomic mass is 32.2. The molecule has 0 aliphatic rings. The molecule has 0 saturated carbocycles. The maximum atomic E-state index is 11.7. The van der Waals surface area contributed by atoms with E-state index in [0.29, 0.717) is 13.0 Å². The first kappa shape index (κ1) is 17.5. The molecule has 0 amide bonds. The Morgan fingerprint density at radius 2 is 2.08 bits per heavy atom. The Bertz CT molecular complexity index is 772. The SMILES string of the molecule is O=C(CCCSc1nc2ccccc2[nH]1)OCCCc1cccnc1. The molecule has 0 saturated heterocycles. The van der Waals surface area contributed by atoms with E-state index in [1.54, 1.807) is 18.0 Å². The smallest absolute Gasteiger partial charge is 0.305 e. The van der Waals surface area contributed by atoms with Gasteiger partial charge in [0.05, 0.1) is 17.6 Å². The lowest BCUT2D eigenvalue weighted by Gasteiger charge is -2.04. The van der Waals surface area contributed by atoms with Crippen molar-refractivity contribution < 1.29 is 9.53 Å². The Morgan fingerprint density at radius 1 is 1.16 bits per heavy atom. The van der Waals surface area contributed by atoms with Gasteiger partial charge in [-0.05, 0) is 43.0 Å². The van der Waals surface area contributed by atoms with Crippen LogP contribution in [0.4, 0.5) is 0 Å². The third kappa shape index (κ3) is 5.60. The van der Waals surface area contributed by atoms with Crippen LogP contribution in [0.3, 0.4) is 0 Å². The van der Waals surface area contributed by atoms with Crippen molar-refractivity contribution in [3.8, 4) is 0 Å². The zero-order valence-electron chi connectivity index (χ0n) is 14.0. The third-order valence-corrected chi connectivity index (χ3v) is 4.69. The van der Waals surface area contributed by atoms with Crippen LogP contribution < -0.4 is 0 Å². The summed E-state index contributed by atoms with van der Waals surface area (Å²) in [6, 6.07) is 11.9. The number of aromatic nitrogens is 3. The highest BCUT2D eigenvalue weighted by molar-refractivity contribution is 7.99. The van der Waals surface area contributed by atoms with Gasteiger partial charge in [0.1, 0.15) is 0 Å². The van der Waals surface area contributed by atoms with Crippen LogP contribution in [0.25, 0.3) is 11.0 Å². The van der Waals surface area contributed by atoms with Crippen molar-refractivity contribution in [3.63, 3.8) is 0 Å². The summed E-state index contributed by atoms with van der Waals surface area (Å²) in [6.45, 7) is 0.463. The van der Waals surface area contributed by atoms with E-state index in [4.69, 9.17) is 4.74 Å². The first-order chi connectivity index (χ1) is 12.3. The van der Waals surface area contributed by atoms with Gasteiger partial charge in [-0.15, -0.1) is 0 Å². The number of H-pyrrole nitrogens is 1. The summed E-state index contributed by atoms with van der Waals surface area (Å²) < 4.78 is 5.27. The number of aromatic amines is 1. The monoisotopic (exact) mass is 355 g/mol. The molecule has 0 aliphatic heterocycles. The molecule has 0 unspecified atom stereocenters. The Morgan fingerprint density at radius 3 is 2.92 bits per heavy atom. The van der Waals surface area contributed by atoms with Gasteiger partial charge in [-0.2, -0.15) is 0 Å². The number of ether oxygens (including phenoxy) is 1. The normalized spacial score (nSPS) is 10.9. The van der Waals surface area contributed by atoms with Gasteiger partial charge in [-0.3, -0.25) is 9.78 Å². The molecule has 3 rings (SSSR count). The molecule has 2 aromatic heterocycles. The molecule has 25 heavy (non-hydrogen) atoms. The van der Waals surface area contributed by atoms with E-state index in [9.17, 15) is 4.79 Å². The highest BCUT2D eigenvalue weighted by Crippen LogP contribution is 2.20. The van der Waals surface area contributed by atoms with Crippen LogP contribution >= 0.6 is 11.8 Å². The number of nitrogens with zero attached hydrogens (tertiary/aromatic N) is 2. The summed E-state index contributed by atoms with van der Waals surface area (Å²) in [4.78, 5) is 23.6. The van der Waals surface area contributed by atoms with Crippen molar-refractivity contribution in [2.45, 2.75) is 30.8 Å². The number of hydrogen-bond donors (Lipinski definition) is 1. The van der Waals surface area contributed by atoms with Crippen LogP contribution in [-0.2, 0) is 16.0 Å². The number of thioether (sulfide) groups is 1. The number of fused-ring (bicyclic) bond motifs is 1. The lowest BCUT2D eigenvalue weighted by atomic mass is 10.2. The number of para-hydroxylation sites is 2. The number of hydrogen-bond acceptors (Lipinski definition) is 5. The molecule has 0 bridgehead atoms. The minimum atomic E-state index is -0.128. The van der Waals surface area contributed by atoms with Crippen LogP contribution in [0.2, 0.25) is 0 Å². The Kier molecular flexibility index (Phi) is 6.45. The van der Waals surface area contributed by atoms with E-state index < -0.39 is 0 Å². The topological polar surface area (TPSA) is 67.9 Å². The molecule has 1 N–H and O–H groups in total. The molecular formula is C19H21N3O2S. The number of esters is 1. The van der Waals surface area contributed by atoms with E-state index in [2.05, 4.69) is 15.0 Å². The summed E-state index contributed by atoms with van der Waals surface area (Å²) in [6.07, 6.45) is 6.53. The maximum absolute atomic E-state index is 11.7. The number of pyridine rings is 1. The van der Waals surface area contributed by atoms with E-state index in [1.165, 1.54) is 5.56 Å². The van der Waals surface area contributed by atoms with E-state index >= 15 is 0 Å². The zero-order valence-corrected chi connectivity index (χ0v) is 14.8. The number of imidazole rings is 1. The highest BCUT2D eigenvalue weighted by Gasteiger charge is 2.05. The molecule has 3 aromatic rings. The number of rotatable bonds is 9. The Labute approximate surface area is 151 Å². The van der Waals surface area contributed by atoms with Crippen LogP contribution in [-0.4, -0.2) is 33.3 Å². The summed E-state index contributed by atoms with van der Waals surface area (Å²) in [7, 11) is 0. The van der Waals surface area contributed by atoms with Crippen molar-refractivity contribution in [1.29, 1.82) is 0 Å². The van der Waals surface area contributed by atoms with Crippen molar-refractivity contribution in [3.05, 3.63) is 54.4 Å². The molecular weight excluding hydrogens is 334 g/mol. The minimum absolute atomic E-state index is 0.128. The van der Waals surface area contributed by atoms with Gasteiger partial charge < -0.3 is 9.72 Å². The summed E-state index contributed by atoms with van der Waals surface area (Å²) in [5.41, 5.74) is 3.18. The summed E-state index contributed by atoms with van der Waals surface area (Å²) >= 11 is 1.63. The van der Waals surface area contributed by atoms with Gasteiger partial charge in [-0.25, -0.2) is 4.98 Å². The Hall–Kier alpha value is -2.34. The predicted octanol–water partition coefficient (Wildman–Crippen LogP) is 4.01. The van der Waals surface area contributed by atoms with Gasteiger partial charge in [-0.1, -0.05) is 30.0 Å². The van der Waals surface area contributed by atoms with Crippen molar-refractivity contribution in [1.82, 2.24) is 15.0 Å². The predicted molar refractivity (Wildman–Crippen MR) is 99.6 cm³/mol. The molecule has 130 valence electrons. The second kappa shape index (κ2) is 9.22. The average Bonchev–Trinajstić information content (AvgIpc) is 3.06. The maximum Gasteiger partial charge on any atom is 0.305 e. The fraction of sp³-hybridized carbons (Fsp3) is 0.316. The molecule has 2 heterocycles. The van der Waals surface area contributed by atoms with E-state index in [0.717, 1.165) is 41.2 Å². The van der Waals surface area contributed by atoms with Crippen LogP contribution in [0.15, 0.2) is 53.9 Å². The number of benzene rings is 1. The first-order valence-electron chi connectivity index (χ1n) is 8.43. The van der Waals surface area contributed by atoms with Crippen LogP contribution in [0.1, 0.15) is 24.8 Å². The van der Waals surface area contributed by atoms with Gasteiger partial charge >= 0.3 is 5.97 Å². The third-order valence-electron chi connectivity index (χ3n) is 3.73. The van der Waals surface area contributed by atoms with Crippen LogP contribution in [0.5, 0.6) is 0 Å². The number of nitrogens with one attached hydrogen (secondary N) is 1. The summed E-state index contributed by atoms with van der Waals surface area (Å²) in [5.74, 6) is 0.710. The molecule has 0 radical (unpaired) electrons. The molecule has 1 aromatic carbocycles. The van der Waals surface area contributed by atoms with Gasteiger partial charge in [0, 0.05) is 24.6 Å². The van der Waals surface area contributed by atoms with Crippen LogP contribution in [0, 0.1) is 0 Å². The fourth-order valence-corrected chi connectivity index (χ4v) is 3.29.